The van der Waals surface area contributed by atoms with Crippen LogP contribution in [0.1, 0.15) is 32.6 Å². The third-order valence-corrected chi connectivity index (χ3v) is 4.60. The van der Waals surface area contributed by atoms with Gasteiger partial charge in [0.2, 0.25) is 5.91 Å². The van der Waals surface area contributed by atoms with Crippen LogP contribution in [0.25, 0.3) is 0 Å². The molecule has 2 aromatic carbocycles. The summed E-state index contributed by atoms with van der Waals surface area (Å²) in [5.74, 6) is 0.588. The number of nitrogens with one attached hydrogen (secondary N) is 2. The first kappa shape index (κ1) is 20.4. The number of hydrogen-bond donors (Lipinski definition) is 2. The molecule has 0 heterocycles. The van der Waals surface area contributed by atoms with E-state index in [-0.39, 0.29) is 12.5 Å². The Labute approximate surface area is 164 Å². The normalized spacial score (nSPS) is 10.4. The average molecular weight is 395 g/mol. The highest BCUT2D eigenvalue weighted by atomic mass is 35.5. The van der Waals surface area contributed by atoms with E-state index in [0.717, 1.165) is 17.9 Å². The van der Waals surface area contributed by atoms with Gasteiger partial charge in [-0.25, -0.2) is 0 Å². The summed E-state index contributed by atoms with van der Waals surface area (Å²) >= 11 is 12.0. The van der Waals surface area contributed by atoms with Gasteiger partial charge in [-0.1, -0.05) is 61.5 Å². The molecule has 2 aromatic rings. The first-order valence-corrected chi connectivity index (χ1v) is 9.56. The fraction of sp³-hybridized carbons (Fsp3) is 0.350. The van der Waals surface area contributed by atoms with Gasteiger partial charge in [-0.3, -0.25) is 4.79 Å². The maximum Gasteiger partial charge on any atom is 0.243 e. The van der Waals surface area contributed by atoms with Gasteiger partial charge in [-0.2, -0.15) is 0 Å². The van der Waals surface area contributed by atoms with Gasteiger partial charge in [-0.15, -0.1) is 0 Å². The molecule has 0 aliphatic heterocycles. The van der Waals surface area contributed by atoms with E-state index in [4.69, 9.17) is 27.9 Å². The summed E-state index contributed by atoms with van der Waals surface area (Å²) in [4.78, 5) is 12.1. The Balaban J connectivity index is 1.80. The van der Waals surface area contributed by atoms with E-state index in [2.05, 4.69) is 17.6 Å². The number of hydrogen-bond acceptors (Lipinski definition) is 3. The summed E-state index contributed by atoms with van der Waals surface area (Å²) in [6.07, 6.45) is 4.67. The number of carbonyl (C=O) groups excluding carboxylic acids is 1. The first-order valence-electron chi connectivity index (χ1n) is 8.80. The Morgan fingerprint density at radius 3 is 2.69 bits per heavy atom. The predicted octanol–water partition coefficient (Wildman–Crippen LogP) is 6.00. The van der Waals surface area contributed by atoms with Crippen molar-refractivity contribution in [2.75, 3.05) is 23.8 Å². The van der Waals surface area contributed by atoms with Gasteiger partial charge in [0.05, 0.1) is 28.9 Å². The van der Waals surface area contributed by atoms with Crippen LogP contribution in [-0.2, 0) is 4.79 Å². The molecule has 0 atom stereocenters. The lowest BCUT2D eigenvalue weighted by atomic mass is 10.2. The molecule has 2 rings (SSSR count). The van der Waals surface area contributed by atoms with Gasteiger partial charge in [0.25, 0.3) is 0 Å². The molecule has 0 radical (unpaired) electrons. The molecule has 0 saturated heterocycles. The van der Waals surface area contributed by atoms with Crippen molar-refractivity contribution in [2.45, 2.75) is 32.6 Å². The minimum atomic E-state index is -0.208. The second-order valence-electron chi connectivity index (χ2n) is 5.94. The Kier molecular flexibility index (Phi) is 8.59. The molecule has 0 spiro atoms. The van der Waals surface area contributed by atoms with Crippen molar-refractivity contribution in [3.63, 3.8) is 0 Å². The molecule has 0 aliphatic carbocycles. The number of unbranched alkanes of at least 4 members (excludes halogenated alkanes) is 3. The van der Waals surface area contributed by atoms with Crippen molar-refractivity contribution in [3.8, 4) is 5.75 Å². The summed E-state index contributed by atoms with van der Waals surface area (Å²) in [6.45, 7) is 3.01. The lowest BCUT2D eigenvalue weighted by Gasteiger charge is -2.11. The number of halogens is 2. The van der Waals surface area contributed by atoms with Crippen LogP contribution in [0.5, 0.6) is 5.75 Å². The molecule has 140 valence electrons. The van der Waals surface area contributed by atoms with Crippen LogP contribution in [0.2, 0.25) is 10.0 Å². The molecule has 4 nitrogen and oxygen atoms in total. The molecule has 2 N–H and O–H groups in total. The third-order valence-electron chi connectivity index (χ3n) is 3.78. The standard InChI is InChI=1S/C20H24Cl2N2O2/c1-2-3-4-5-12-26-16-9-6-8-15(13-16)23-14-19(25)24-18-11-7-10-17(21)20(18)22/h6-11,13,23H,2-5,12,14H2,1H3,(H,24,25). The fourth-order valence-electron chi connectivity index (χ4n) is 2.39. The Hall–Kier alpha value is -1.91. The second-order valence-corrected chi connectivity index (χ2v) is 6.73. The van der Waals surface area contributed by atoms with Crippen molar-refractivity contribution in [3.05, 3.63) is 52.5 Å². The maximum absolute atomic E-state index is 12.1. The zero-order valence-electron chi connectivity index (χ0n) is 14.9. The quantitative estimate of drug-likeness (QED) is 0.485. The molecule has 26 heavy (non-hydrogen) atoms. The highest BCUT2D eigenvalue weighted by molar-refractivity contribution is 6.44. The highest BCUT2D eigenvalue weighted by Crippen LogP contribution is 2.29. The molecule has 0 unspecified atom stereocenters. The zero-order chi connectivity index (χ0) is 18.8. The topological polar surface area (TPSA) is 50.4 Å². The number of rotatable bonds is 10. The number of benzene rings is 2. The highest BCUT2D eigenvalue weighted by Gasteiger charge is 2.08. The van der Waals surface area contributed by atoms with Crippen molar-refractivity contribution in [2.24, 2.45) is 0 Å². The van der Waals surface area contributed by atoms with E-state index in [1.165, 1.54) is 19.3 Å². The van der Waals surface area contributed by atoms with Crippen LogP contribution in [-0.4, -0.2) is 19.1 Å². The second kappa shape index (κ2) is 10.9. The van der Waals surface area contributed by atoms with Crippen molar-refractivity contribution in [1.29, 1.82) is 0 Å². The minimum Gasteiger partial charge on any atom is -0.494 e. The minimum absolute atomic E-state index is 0.114. The van der Waals surface area contributed by atoms with E-state index in [1.54, 1.807) is 18.2 Å². The Bertz CT molecular complexity index is 723. The van der Waals surface area contributed by atoms with Crippen LogP contribution in [0.3, 0.4) is 0 Å². The average Bonchev–Trinajstić information content (AvgIpc) is 2.64. The number of carbonyl (C=O) groups is 1. The van der Waals surface area contributed by atoms with E-state index < -0.39 is 0 Å². The van der Waals surface area contributed by atoms with Crippen LogP contribution in [0, 0.1) is 0 Å². The van der Waals surface area contributed by atoms with Gasteiger partial charge < -0.3 is 15.4 Å². The third kappa shape index (κ3) is 6.77. The molecule has 0 fully saturated rings. The number of anilines is 2. The lowest BCUT2D eigenvalue weighted by Crippen LogP contribution is -2.21. The summed E-state index contributed by atoms with van der Waals surface area (Å²) in [5, 5.41) is 6.56. The van der Waals surface area contributed by atoms with Gasteiger partial charge in [-0.05, 0) is 30.7 Å². The van der Waals surface area contributed by atoms with Crippen LogP contribution in [0.4, 0.5) is 11.4 Å². The summed E-state index contributed by atoms with van der Waals surface area (Å²) in [7, 11) is 0. The van der Waals surface area contributed by atoms with E-state index in [1.807, 2.05) is 24.3 Å². The molecule has 1 amide bonds. The van der Waals surface area contributed by atoms with Crippen LogP contribution in [0.15, 0.2) is 42.5 Å². The van der Waals surface area contributed by atoms with Gasteiger partial charge in [0.15, 0.2) is 0 Å². The summed E-state index contributed by atoms with van der Waals surface area (Å²) < 4.78 is 5.75. The monoisotopic (exact) mass is 394 g/mol. The molecule has 0 saturated carbocycles. The van der Waals surface area contributed by atoms with E-state index >= 15 is 0 Å². The van der Waals surface area contributed by atoms with Crippen molar-refractivity contribution >= 4 is 40.5 Å². The molecular weight excluding hydrogens is 371 g/mol. The number of amides is 1. The van der Waals surface area contributed by atoms with Crippen LogP contribution < -0.4 is 15.4 Å². The SMILES string of the molecule is CCCCCCOc1cccc(NCC(=O)Nc2cccc(Cl)c2Cl)c1. The smallest absolute Gasteiger partial charge is 0.243 e. The van der Waals surface area contributed by atoms with Crippen LogP contribution >= 0.6 is 23.2 Å². The molecule has 0 bridgehead atoms. The Morgan fingerprint density at radius 2 is 1.88 bits per heavy atom. The van der Waals surface area contributed by atoms with Gasteiger partial charge in [0, 0.05) is 11.8 Å². The van der Waals surface area contributed by atoms with E-state index in [0.29, 0.717) is 22.3 Å². The predicted molar refractivity (Wildman–Crippen MR) is 110 cm³/mol. The summed E-state index contributed by atoms with van der Waals surface area (Å²) in [5.41, 5.74) is 1.32. The largest absolute Gasteiger partial charge is 0.494 e. The summed E-state index contributed by atoms with van der Waals surface area (Å²) in [6, 6.07) is 12.7. The number of ether oxygens (including phenoxy) is 1. The van der Waals surface area contributed by atoms with E-state index in [9.17, 15) is 4.79 Å². The lowest BCUT2D eigenvalue weighted by molar-refractivity contribution is -0.114. The maximum atomic E-state index is 12.1. The van der Waals surface area contributed by atoms with Gasteiger partial charge >= 0.3 is 0 Å². The zero-order valence-corrected chi connectivity index (χ0v) is 16.4. The molecular formula is C20H24Cl2N2O2. The fourth-order valence-corrected chi connectivity index (χ4v) is 2.74. The Morgan fingerprint density at radius 1 is 1.08 bits per heavy atom. The van der Waals surface area contributed by atoms with Crippen molar-refractivity contribution < 1.29 is 9.53 Å². The van der Waals surface area contributed by atoms with Gasteiger partial charge in [0.1, 0.15) is 5.75 Å². The molecule has 0 aliphatic rings. The van der Waals surface area contributed by atoms with Crippen molar-refractivity contribution in [1.82, 2.24) is 0 Å². The molecule has 0 aromatic heterocycles. The molecule has 6 heteroatoms. The first-order chi connectivity index (χ1) is 12.6.